The van der Waals surface area contributed by atoms with E-state index in [1.165, 1.54) is 0 Å². The molecule has 0 aliphatic carbocycles. The van der Waals surface area contributed by atoms with Crippen LogP contribution in [0.25, 0.3) is 0 Å². The number of hydrogen-bond acceptors (Lipinski definition) is 3. The molecule has 0 spiro atoms. The van der Waals surface area contributed by atoms with Gasteiger partial charge in [0.25, 0.3) is 0 Å². The van der Waals surface area contributed by atoms with Crippen LogP contribution in [0.1, 0.15) is 16.5 Å². The molecule has 0 N–H and O–H groups in total. The molecule has 1 unspecified atom stereocenters. The zero-order valence-corrected chi connectivity index (χ0v) is 13.1. The van der Waals surface area contributed by atoms with Crippen molar-refractivity contribution in [1.29, 1.82) is 0 Å². The molecular formula is C13H12BrClO2S. The first kappa shape index (κ1) is 13.7. The van der Waals surface area contributed by atoms with Crippen molar-refractivity contribution in [1.82, 2.24) is 0 Å². The van der Waals surface area contributed by atoms with Gasteiger partial charge in [0, 0.05) is 5.56 Å². The van der Waals surface area contributed by atoms with Gasteiger partial charge in [-0.25, -0.2) is 0 Å². The highest BCUT2D eigenvalue weighted by Crippen LogP contribution is 2.41. The van der Waals surface area contributed by atoms with Crippen LogP contribution in [-0.2, 0) is 0 Å². The normalized spacial score (nSPS) is 12.2. The SMILES string of the molecule is COc1cc(C(Cl)c2ccsc2)c(OC)cc1Br. The monoisotopic (exact) mass is 346 g/mol. The molecule has 0 bridgehead atoms. The Kier molecular flexibility index (Phi) is 4.54. The second kappa shape index (κ2) is 5.95. The molecule has 5 heteroatoms. The Morgan fingerprint density at radius 2 is 1.94 bits per heavy atom. The molecule has 0 amide bonds. The second-order valence-electron chi connectivity index (χ2n) is 3.65. The number of halogens is 2. The third-order valence-corrected chi connectivity index (χ3v) is 4.42. The van der Waals surface area contributed by atoms with Gasteiger partial charge in [0.1, 0.15) is 11.5 Å². The molecule has 0 aliphatic rings. The number of hydrogen-bond donors (Lipinski definition) is 0. The van der Waals surface area contributed by atoms with Gasteiger partial charge in [-0.1, -0.05) is 0 Å². The second-order valence-corrected chi connectivity index (χ2v) is 5.72. The standard InChI is InChI=1S/C13H12BrClO2S/c1-16-11-6-10(14)12(17-2)5-9(11)13(15)8-3-4-18-7-8/h3-7,13H,1-2H3. The summed E-state index contributed by atoms with van der Waals surface area (Å²) in [6, 6.07) is 5.78. The minimum absolute atomic E-state index is 0.242. The number of alkyl halides is 1. The number of methoxy groups -OCH3 is 2. The number of ether oxygens (including phenoxy) is 2. The third-order valence-electron chi connectivity index (χ3n) is 2.61. The van der Waals surface area contributed by atoms with Crippen LogP contribution in [-0.4, -0.2) is 14.2 Å². The van der Waals surface area contributed by atoms with Crippen molar-refractivity contribution in [3.05, 3.63) is 44.6 Å². The summed E-state index contributed by atoms with van der Waals surface area (Å²) in [4.78, 5) is 0. The predicted octanol–water partition coefficient (Wildman–Crippen LogP) is 4.86. The molecule has 2 aromatic rings. The van der Waals surface area contributed by atoms with Crippen LogP contribution in [0, 0.1) is 0 Å². The topological polar surface area (TPSA) is 18.5 Å². The molecule has 1 heterocycles. The van der Waals surface area contributed by atoms with Crippen LogP contribution in [0.2, 0.25) is 0 Å². The number of benzene rings is 1. The first-order valence-corrected chi connectivity index (χ1v) is 7.42. The molecule has 96 valence electrons. The maximum atomic E-state index is 6.49. The fourth-order valence-corrected chi connectivity index (χ4v) is 3.23. The summed E-state index contributed by atoms with van der Waals surface area (Å²) in [5, 5.41) is 3.80. The molecule has 1 aromatic carbocycles. The van der Waals surface area contributed by atoms with E-state index in [0.29, 0.717) is 0 Å². The quantitative estimate of drug-likeness (QED) is 0.736. The third kappa shape index (κ3) is 2.66. The predicted molar refractivity (Wildman–Crippen MR) is 79.3 cm³/mol. The van der Waals surface area contributed by atoms with Gasteiger partial charge in [0.15, 0.2) is 0 Å². The first-order chi connectivity index (χ1) is 8.67. The Hall–Kier alpha value is -0.710. The molecule has 0 fully saturated rings. The summed E-state index contributed by atoms with van der Waals surface area (Å²) < 4.78 is 11.5. The fourth-order valence-electron chi connectivity index (χ4n) is 1.68. The van der Waals surface area contributed by atoms with Crippen molar-refractivity contribution in [3.63, 3.8) is 0 Å². The van der Waals surface area contributed by atoms with Crippen molar-refractivity contribution >= 4 is 38.9 Å². The Morgan fingerprint density at radius 1 is 1.22 bits per heavy atom. The average Bonchev–Trinajstić information content (AvgIpc) is 2.91. The molecule has 0 saturated heterocycles. The van der Waals surface area contributed by atoms with Gasteiger partial charge in [-0.3, -0.25) is 0 Å². The fraction of sp³-hybridized carbons (Fsp3) is 0.231. The molecule has 2 rings (SSSR count). The molecule has 1 aromatic heterocycles. The van der Waals surface area contributed by atoms with E-state index in [0.717, 1.165) is 27.1 Å². The van der Waals surface area contributed by atoms with Crippen LogP contribution < -0.4 is 9.47 Å². The van der Waals surface area contributed by atoms with Gasteiger partial charge in [0.2, 0.25) is 0 Å². The van der Waals surface area contributed by atoms with Crippen LogP contribution in [0.15, 0.2) is 33.4 Å². The van der Waals surface area contributed by atoms with E-state index in [-0.39, 0.29) is 5.38 Å². The maximum absolute atomic E-state index is 6.49. The van der Waals surface area contributed by atoms with E-state index in [1.54, 1.807) is 25.6 Å². The smallest absolute Gasteiger partial charge is 0.133 e. The molecule has 18 heavy (non-hydrogen) atoms. The van der Waals surface area contributed by atoms with Gasteiger partial charge in [0.05, 0.1) is 24.1 Å². The van der Waals surface area contributed by atoms with Crippen LogP contribution >= 0.6 is 38.9 Å². The average molecular weight is 348 g/mol. The van der Waals surface area contributed by atoms with E-state index in [9.17, 15) is 0 Å². The zero-order chi connectivity index (χ0) is 13.1. The minimum atomic E-state index is -0.242. The lowest BCUT2D eigenvalue weighted by Gasteiger charge is -2.15. The van der Waals surface area contributed by atoms with E-state index in [2.05, 4.69) is 15.9 Å². The van der Waals surface area contributed by atoms with Crippen molar-refractivity contribution < 1.29 is 9.47 Å². The molecular weight excluding hydrogens is 336 g/mol. The molecule has 0 radical (unpaired) electrons. The van der Waals surface area contributed by atoms with Gasteiger partial charge in [-0.05, 0) is 50.5 Å². The molecule has 2 nitrogen and oxygen atoms in total. The summed E-state index contributed by atoms with van der Waals surface area (Å²) in [7, 11) is 3.26. The lowest BCUT2D eigenvalue weighted by Crippen LogP contribution is -1.98. The minimum Gasteiger partial charge on any atom is -0.496 e. The lowest BCUT2D eigenvalue weighted by molar-refractivity contribution is 0.397. The lowest BCUT2D eigenvalue weighted by atomic mass is 10.1. The summed E-state index contributed by atoms with van der Waals surface area (Å²) in [5.74, 6) is 1.49. The zero-order valence-electron chi connectivity index (χ0n) is 9.94. The summed E-state index contributed by atoms with van der Waals surface area (Å²) in [6.45, 7) is 0. The first-order valence-electron chi connectivity index (χ1n) is 5.25. The maximum Gasteiger partial charge on any atom is 0.133 e. The summed E-state index contributed by atoms with van der Waals surface area (Å²) in [6.07, 6.45) is 0. The van der Waals surface area contributed by atoms with Crippen LogP contribution in [0.4, 0.5) is 0 Å². The Morgan fingerprint density at radius 3 is 2.50 bits per heavy atom. The van der Waals surface area contributed by atoms with Crippen molar-refractivity contribution in [3.8, 4) is 11.5 Å². The highest BCUT2D eigenvalue weighted by molar-refractivity contribution is 9.10. The number of thiophene rings is 1. The summed E-state index contributed by atoms with van der Waals surface area (Å²) >= 11 is 11.6. The van der Waals surface area contributed by atoms with Gasteiger partial charge in [-0.15, -0.1) is 11.6 Å². The Labute approximate surface area is 124 Å². The van der Waals surface area contributed by atoms with Crippen molar-refractivity contribution in [2.75, 3.05) is 14.2 Å². The Balaban J connectivity index is 2.48. The van der Waals surface area contributed by atoms with Gasteiger partial charge >= 0.3 is 0 Å². The van der Waals surface area contributed by atoms with E-state index in [4.69, 9.17) is 21.1 Å². The Bertz CT molecular complexity index is 528. The largest absolute Gasteiger partial charge is 0.496 e. The highest BCUT2D eigenvalue weighted by atomic mass is 79.9. The van der Waals surface area contributed by atoms with Gasteiger partial charge in [-0.2, -0.15) is 11.3 Å². The van der Waals surface area contributed by atoms with E-state index in [1.807, 2.05) is 29.0 Å². The van der Waals surface area contributed by atoms with Crippen molar-refractivity contribution in [2.24, 2.45) is 0 Å². The van der Waals surface area contributed by atoms with Crippen molar-refractivity contribution in [2.45, 2.75) is 5.38 Å². The highest BCUT2D eigenvalue weighted by Gasteiger charge is 2.18. The molecule has 0 aliphatic heterocycles. The van der Waals surface area contributed by atoms with Crippen LogP contribution in [0.3, 0.4) is 0 Å². The molecule has 0 saturated carbocycles. The van der Waals surface area contributed by atoms with Gasteiger partial charge < -0.3 is 9.47 Å². The van der Waals surface area contributed by atoms with E-state index >= 15 is 0 Å². The number of rotatable bonds is 4. The van der Waals surface area contributed by atoms with E-state index < -0.39 is 0 Å². The summed E-state index contributed by atoms with van der Waals surface area (Å²) in [5.41, 5.74) is 1.96. The van der Waals surface area contributed by atoms with Crippen LogP contribution in [0.5, 0.6) is 11.5 Å². The molecule has 1 atom stereocenters.